The predicted octanol–water partition coefficient (Wildman–Crippen LogP) is 4.59. The zero-order valence-electron chi connectivity index (χ0n) is 17.7. The third-order valence-corrected chi connectivity index (χ3v) is 5.78. The molecular weight excluding hydrogens is 387 g/mol. The highest BCUT2D eigenvalue weighted by Crippen LogP contribution is 2.50. The lowest BCUT2D eigenvalue weighted by Crippen LogP contribution is -2.58. The zero-order valence-corrected chi connectivity index (χ0v) is 17.7. The van der Waals surface area contributed by atoms with Crippen LogP contribution in [0.5, 0.6) is 0 Å². The first-order valence-electron chi connectivity index (χ1n) is 10.0. The van der Waals surface area contributed by atoms with Crippen molar-refractivity contribution in [1.82, 2.24) is 14.9 Å². The Bertz CT molecular complexity index is 741. The number of fused-ring (bicyclic) bond motifs is 3. The molecule has 3 heterocycles. The maximum atomic E-state index is 13.2. The van der Waals surface area contributed by atoms with E-state index in [1.54, 1.807) is 25.3 Å². The molecule has 3 fully saturated rings. The molecule has 0 unspecified atom stereocenters. The monoisotopic (exact) mass is 417 g/mol. The normalized spacial score (nSPS) is 27.3. The van der Waals surface area contributed by atoms with Gasteiger partial charge in [0.2, 0.25) is 0 Å². The lowest BCUT2D eigenvalue weighted by atomic mass is 9.65. The summed E-state index contributed by atoms with van der Waals surface area (Å²) in [6.07, 6.45) is -1.23. The minimum absolute atomic E-state index is 0.134. The van der Waals surface area contributed by atoms with E-state index >= 15 is 0 Å². The molecule has 2 bridgehead atoms. The van der Waals surface area contributed by atoms with Gasteiger partial charge in [-0.1, -0.05) is 0 Å². The largest absolute Gasteiger partial charge is 0.444 e. The zero-order chi connectivity index (χ0) is 21.7. The molecule has 1 saturated carbocycles. The van der Waals surface area contributed by atoms with Gasteiger partial charge in [-0.25, -0.2) is 9.78 Å². The van der Waals surface area contributed by atoms with Crippen LogP contribution in [0.15, 0.2) is 6.20 Å². The van der Waals surface area contributed by atoms with Crippen LogP contribution in [0.25, 0.3) is 0 Å². The van der Waals surface area contributed by atoms with Crippen molar-refractivity contribution in [2.24, 2.45) is 0 Å². The lowest BCUT2D eigenvalue weighted by molar-refractivity contribution is -0.157. The molecule has 1 amide bonds. The first-order chi connectivity index (χ1) is 13.3. The van der Waals surface area contributed by atoms with Crippen LogP contribution in [0, 0.1) is 0 Å². The minimum Gasteiger partial charge on any atom is -0.444 e. The molecule has 1 aliphatic carbocycles. The molecule has 0 atom stereocenters. The van der Waals surface area contributed by atoms with Gasteiger partial charge >= 0.3 is 12.3 Å². The summed E-state index contributed by atoms with van der Waals surface area (Å²) < 4.78 is 52.8. The topological polar surface area (TPSA) is 65.4 Å². The Balaban J connectivity index is 1.73. The van der Waals surface area contributed by atoms with Crippen molar-refractivity contribution in [2.45, 2.75) is 89.1 Å². The number of halogens is 3. The molecule has 1 aromatic rings. The van der Waals surface area contributed by atoms with E-state index in [-0.39, 0.29) is 6.04 Å². The van der Waals surface area contributed by atoms with Crippen molar-refractivity contribution in [3.63, 3.8) is 0 Å². The van der Waals surface area contributed by atoms with Crippen molar-refractivity contribution >= 4 is 6.09 Å². The molecule has 0 aromatic carbocycles. The molecule has 3 aliphatic rings. The van der Waals surface area contributed by atoms with Gasteiger partial charge in [0.1, 0.15) is 11.4 Å². The summed E-state index contributed by atoms with van der Waals surface area (Å²) in [5, 5.41) is 2.78. The van der Waals surface area contributed by atoms with Gasteiger partial charge in [0.05, 0.1) is 17.6 Å². The van der Waals surface area contributed by atoms with Crippen LogP contribution in [0.3, 0.4) is 0 Å². The van der Waals surface area contributed by atoms with Gasteiger partial charge in [-0.3, -0.25) is 0 Å². The van der Waals surface area contributed by atoms with Gasteiger partial charge in [0.15, 0.2) is 5.69 Å². The average Bonchev–Trinajstić information content (AvgIpc) is 3.07. The second-order valence-electron chi connectivity index (χ2n) is 9.56. The molecule has 0 spiro atoms. The Labute approximate surface area is 169 Å². The smallest absolute Gasteiger partial charge is 0.434 e. The Kier molecular flexibility index (Phi) is 5.43. The number of alkyl halides is 3. The number of imidazole rings is 1. The van der Waals surface area contributed by atoms with Gasteiger partial charge in [0, 0.05) is 18.8 Å². The predicted molar refractivity (Wildman–Crippen MR) is 101 cm³/mol. The standard InChI is InChI=1S/C20H30F3N3O3/c1-13(2)26-10-14(20(21,22)23)25-15(26)18-6-8-19(9-7-18,28-12-18)11-24-16(27)29-17(3,4)5/h10,13H,6-9,11-12H2,1-5H3,(H,24,27). The molecule has 164 valence electrons. The van der Waals surface area contributed by atoms with Crippen LogP contribution in [-0.2, 0) is 21.1 Å². The number of hydrogen-bond donors (Lipinski definition) is 1. The van der Waals surface area contributed by atoms with Crippen LogP contribution in [0.2, 0.25) is 0 Å². The number of nitrogens with one attached hydrogen (secondary N) is 1. The van der Waals surface area contributed by atoms with Gasteiger partial charge in [-0.2, -0.15) is 13.2 Å². The van der Waals surface area contributed by atoms with E-state index in [4.69, 9.17) is 9.47 Å². The molecule has 2 aliphatic heterocycles. The fraction of sp³-hybridized carbons (Fsp3) is 0.800. The molecule has 6 nitrogen and oxygen atoms in total. The quantitative estimate of drug-likeness (QED) is 0.778. The number of amides is 1. The van der Waals surface area contributed by atoms with Crippen LogP contribution < -0.4 is 5.32 Å². The second-order valence-corrected chi connectivity index (χ2v) is 9.56. The molecular formula is C20H30F3N3O3. The summed E-state index contributed by atoms with van der Waals surface area (Å²) in [5.41, 5.74) is -2.46. The van der Waals surface area contributed by atoms with E-state index in [2.05, 4.69) is 10.3 Å². The van der Waals surface area contributed by atoms with E-state index in [9.17, 15) is 18.0 Å². The van der Waals surface area contributed by atoms with Crippen molar-refractivity contribution in [1.29, 1.82) is 0 Å². The fourth-order valence-electron chi connectivity index (χ4n) is 4.14. The SMILES string of the molecule is CC(C)n1cc(C(F)(F)F)nc1C12CCC(CNC(=O)OC(C)(C)C)(CC1)OC2. The van der Waals surface area contributed by atoms with E-state index in [0.29, 0.717) is 44.7 Å². The van der Waals surface area contributed by atoms with E-state index < -0.39 is 34.6 Å². The van der Waals surface area contributed by atoms with Gasteiger partial charge in [-0.05, 0) is 60.3 Å². The molecule has 1 N–H and O–H groups in total. The molecule has 2 saturated heterocycles. The average molecular weight is 417 g/mol. The minimum atomic E-state index is -4.48. The van der Waals surface area contributed by atoms with Crippen molar-refractivity contribution in [3.05, 3.63) is 17.7 Å². The molecule has 0 radical (unpaired) electrons. The number of carbonyl (C=O) groups excluding carboxylic acids is 1. The Morgan fingerprint density at radius 3 is 2.34 bits per heavy atom. The number of rotatable bonds is 4. The number of alkyl carbamates (subject to hydrolysis) is 1. The van der Waals surface area contributed by atoms with Gasteiger partial charge < -0.3 is 19.4 Å². The van der Waals surface area contributed by atoms with Gasteiger partial charge in [0.25, 0.3) is 0 Å². The van der Waals surface area contributed by atoms with Crippen LogP contribution in [0.4, 0.5) is 18.0 Å². The summed E-state index contributed by atoms with van der Waals surface area (Å²) in [6, 6.07) is -0.134. The lowest BCUT2D eigenvalue weighted by Gasteiger charge is -2.52. The Morgan fingerprint density at radius 2 is 1.90 bits per heavy atom. The maximum absolute atomic E-state index is 13.2. The highest BCUT2D eigenvalue weighted by molar-refractivity contribution is 5.67. The van der Waals surface area contributed by atoms with Crippen molar-refractivity contribution in [2.75, 3.05) is 13.2 Å². The van der Waals surface area contributed by atoms with E-state index in [1.807, 2.05) is 13.8 Å². The highest BCUT2D eigenvalue weighted by Gasteiger charge is 2.53. The number of aromatic nitrogens is 2. The number of nitrogens with zero attached hydrogens (tertiary/aromatic N) is 2. The number of carbonyl (C=O) groups is 1. The maximum Gasteiger partial charge on any atom is 0.434 e. The van der Waals surface area contributed by atoms with Crippen molar-refractivity contribution in [3.8, 4) is 0 Å². The van der Waals surface area contributed by atoms with E-state index in [0.717, 1.165) is 6.20 Å². The third kappa shape index (κ3) is 4.54. The summed E-state index contributed by atoms with van der Waals surface area (Å²) >= 11 is 0. The van der Waals surface area contributed by atoms with E-state index in [1.165, 1.54) is 0 Å². The molecule has 9 heteroatoms. The molecule has 29 heavy (non-hydrogen) atoms. The van der Waals surface area contributed by atoms with Crippen molar-refractivity contribution < 1.29 is 27.4 Å². The highest BCUT2D eigenvalue weighted by atomic mass is 19.4. The van der Waals surface area contributed by atoms with Crippen LogP contribution in [-0.4, -0.2) is 40.0 Å². The fourth-order valence-corrected chi connectivity index (χ4v) is 4.14. The summed E-state index contributed by atoms with van der Waals surface area (Å²) in [5.74, 6) is 0.452. The summed E-state index contributed by atoms with van der Waals surface area (Å²) in [4.78, 5) is 16.0. The number of ether oxygens (including phenoxy) is 2. The summed E-state index contributed by atoms with van der Waals surface area (Å²) in [6.45, 7) is 9.70. The molecule has 4 rings (SSSR count). The van der Waals surface area contributed by atoms with Crippen LogP contribution in [0.1, 0.15) is 77.9 Å². The number of hydrogen-bond acceptors (Lipinski definition) is 4. The Morgan fingerprint density at radius 1 is 1.28 bits per heavy atom. The van der Waals surface area contributed by atoms with Crippen LogP contribution >= 0.6 is 0 Å². The third-order valence-electron chi connectivity index (χ3n) is 5.78. The first-order valence-corrected chi connectivity index (χ1v) is 10.0. The summed E-state index contributed by atoms with van der Waals surface area (Å²) in [7, 11) is 0. The van der Waals surface area contributed by atoms with Gasteiger partial charge in [-0.15, -0.1) is 0 Å². The molecule has 1 aromatic heterocycles. The first kappa shape index (κ1) is 21.9. The second kappa shape index (κ2) is 7.18. The Hall–Kier alpha value is -1.77.